The van der Waals surface area contributed by atoms with Crippen LogP contribution < -0.4 is 9.47 Å². The maximum atomic E-state index is 12.9. The Balaban J connectivity index is 1.72. The smallest absolute Gasteiger partial charge is 0.307 e. The number of ether oxygens (including phenoxy) is 2. The van der Waals surface area contributed by atoms with E-state index in [-0.39, 0.29) is 24.4 Å². The summed E-state index contributed by atoms with van der Waals surface area (Å²) in [7, 11) is 3.25. The van der Waals surface area contributed by atoms with E-state index >= 15 is 0 Å². The Bertz CT molecular complexity index is 678. The van der Waals surface area contributed by atoms with Crippen LogP contribution in [0.2, 0.25) is 0 Å². The zero-order valence-electron chi connectivity index (χ0n) is 15.3. The lowest BCUT2D eigenvalue weighted by Crippen LogP contribution is -2.39. The summed E-state index contributed by atoms with van der Waals surface area (Å²) >= 11 is 0. The van der Waals surface area contributed by atoms with Gasteiger partial charge in [-0.05, 0) is 44.0 Å². The van der Waals surface area contributed by atoms with E-state index in [1.807, 2.05) is 28.0 Å². The maximum absolute atomic E-state index is 12.9. The van der Waals surface area contributed by atoms with E-state index in [1.165, 1.54) is 0 Å². The molecule has 2 aliphatic rings. The number of carboxylic acids is 1. The van der Waals surface area contributed by atoms with Crippen LogP contribution in [0.25, 0.3) is 0 Å². The molecule has 0 bridgehead atoms. The number of carboxylic acid groups (broad SMARTS) is 1. The molecule has 2 saturated heterocycles. The van der Waals surface area contributed by atoms with Crippen LogP contribution in [0.5, 0.6) is 11.5 Å². The summed E-state index contributed by atoms with van der Waals surface area (Å²) in [4.78, 5) is 27.8. The van der Waals surface area contributed by atoms with Crippen molar-refractivity contribution < 1.29 is 24.2 Å². The second-order valence-electron chi connectivity index (χ2n) is 6.91. The standard InChI is InChI=1S/C19H26N2O5/c1-25-14-5-6-17(26-2)15(10-14)16-4-3-8-21(16)18(22)12-20-9-7-13(11-20)19(23)24/h5-6,10,13,16H,3-4,7-9,11-12H2,1-2H3,(H,23,24). The van der Waals surface area contributed by atoms with Crippen LogP contribution in [0.3, 0.4) is 0 Å². The molecule has 1 amide bonds. The average Bonchev–Trinajstić information content (AvgIpc) is 3.30. The molecule has 2 atom stereocenters. The van der Waals surface area contributed by atoms with E-state index in [9.17, 15) is 9.59 Å². The van der Waals surface area contributed by atoms with Gasteiger partial charge < -0.3 is 19.5 Å². The lowest BCUT2D eigenvalue weighted by atomic mass is 10.0. The van der Waals surface area contributed by atoms with Crippen molar-refractivity contribution in [3.63, 3.8) is 0 Å². The fourth-order valence-corrected chi connectivity index (χ4v) is 3.95. The van der Waals surface area contributed by atoms with Crippen LogP contribution in [0.15, 0.2) is 18.2 Å². The molecule has 2 fully saturated rings. The molecule has 7 nitrogen and oxygen atoms in total. The molecule has 142 valence electrons. The number of benzene rings is 1. The monoisotopic (exact) mass is 362 g/mol. The molecule has 26 heavy (non-hydrogen) atoms. The fourth-order valence-electron chi connectivity index (χ4n) is 3.95. The largest absolute Gasteiger partial charge is 0.497 e. The predicted molar refractivity (Wildman–Crippen MR) is 95.4 cm³/mol. The van der Waals surface area contributed by atoms with Crippen LogP contribution in [0, 0.1) is 5.92 Å². The van der Waals surface area contributed by atoms with Crippen molar-refractivity contribution in [3.8, 4) is 11.5 Å². The van der Waals surface area contributed by atoms with Gasteiger partial charge in [0.15, 0.2) is 0 Å². The first-order valence-electron chi connectivity index (χ1n) is 9.00. The maximum Gasteiger partial charge on any atom is 0.307 e. The van der Waals surface area contributed by atoms with Crippen molar-refractivity contribution in [2.45, 2.75) is 25.3 Å². The average molecular weight is 362 g/mol. The van der Waals surface area contributed by atoms with Gasteiger partial charge in [-0.25, -0.2) is 0 Å². The lowest BCUT2D eigenvalue weighted by molar-refractivity contribution is -0.141. The van der Waals surface area contributed by atoms with Crippen LogP contribution >= 0.6 is 0 Å². The van der Waals surface area contributed by atoms with E-state index in [4.69, 9.17) is 14.6 Å². The molecule has 0 aliphatic carbocycles. The second-order valence-corrected chi connectivity index (χ2v) is 6.91. The number of hydrogen-bond donors (Lipinski definition) is 1. The number of aliphatic carboxylic acids is 1. The number of nitrogens with zero attached hydrogens (tertiary/aromatic N) is 2. The zero-order chi connectivity index (χ0) is 18.7. The van der Waals surface area contributed by atoms with Crippen molar-refractivity contribution in [1.82, 2.24) is 9.80 Å². The van der Waals surface area contributed by atoms with Gasteiger partial charge >= 0.3 is 5.97 Å². The van der Waals surface area contributed by atoms with E-state index in [0.29, 0.717) is 26.1 Å². The highest BCUT2D eigenvalue weighted by molar-refractivity contribution is 5.79. The summed E-state index contributed by atoms with van der Waals surface area (Å²) in [6.07, 6.45) is 2.43. The van der Waals surface area contributed by atoms with E-state index in [0.717, 1.165) is 29.9 Å². The van der Waals surface area contributed by atoms with Gasteiger partial charge in [-0.3, -0.25) is 14.5 Å². The van der Waals surface area contributed by atoms with Crippen molar-refractivity contribution >= 4 is 11.9 Å². The first-order chi connectivity index (χ1) is 12.5. The van der Waals surface area contributed by atoms with Crippen LogP contribution in [0.4, 0.5) is 0 Å². The molecule has 0 saturated carbocycles. The molecule has 2 unspecified atom stereocenters. The molecule has 3 rings (SSSR count). The third-order valence-electron chi connectivity index (χ3n) is 5.35. The quantitative estimate of drug-likeness (QED) is 0.831. The van der Waals surface area contributed by atoms with Gasteiger partial charge in [-0.2, -0.15) is 0 Å². The Hall–Kier alpha value is -2.28. The van der Waals surface area contributed by atoms with E-state index in [1.54, 1.807) is 14.2 Å². The number of methoxy groups -OCH3 is 2. The molecule has 2 heterocycles. The minimum absolute atomic E-state index is 0.0366. The number of carbonyl (C=O) groups is 2. The Morgan fingerprint density at radius 1 is 1.19 bits per heavy atom. The van der Waals surface area contributed by atoms with Gasteiger partial charge in [0.1, 0.15) is 11.5 Å². The number of likely N-dealkylation sites (tertiary alicyclic amines) is 2. The third kappa shape index (κ3) is 3.77. The van der Waals surface area contributed by atoms with Crippen molar-refractivity contribution in [1.29, 1.82) is 0 Å². The van der Waals surface area contributed by atoms with Gasteiger partial charge in [0.05, 0.1) is 32.7 Å². The van der Waals surface area contributed by atoms with Crippen molar-refractivity contribution in [2.24, 2.45) is 5.92 Å². The molecule has 7 heteroatoms. The number of carbonyl (C=O) groups excluding carboxylic acids is 1. The van der Waals surface area contributed by atoms with Gasteiger partial charge in [-0.1, -0.05) is 0 Å². The normalized spacial score (nSPS) is 23.2. The van der Waals surface area contributed by atoms with Crippen molar-refractivity contribution in [3.05, 3.63) is 23.8 Å². The molecule has 1 aromatic carbocycles. The lowest BCUT2D eigenvalue weighted by Gasteiger charge is -2.28. The molecular formula is C19H26N2O5. The first-order valence-corrected chi connectivity index (χ1v) is 9.00. The molecule has 2 aliphatic heterocycles. The number of amides is 1. The topological polar surface area (TPSA) is 79.3 Å². The number of hydrogen-bond acceptors (Lipinski definition) is 5. The highest BCUT2D eigenvalue weighted by atomic mass is 16.5. The fraction of sp³-hybridized carbons (Fsp3) is 0.579. The van der Waals surface area contributed by atoms with Crippen LogP contribution in [0.1, 0.15) is 30.9 Å². The Labute approximate surface area is 153 Å². The van der Waals surface area contributed by atoms with Crippen LogP contribution in [-0.2, 0) is 9.59 Å². The van der Waals surface area contributed by atoms with E-state index in [2.05, 4.69) is 0 Å². The Morgan fingerprint density at radius 2 is 2.00 bits per heavy atom. The van der Waals surface area contributed by atoms with Gasteiger partial charge in [0.2, 0.25) is 5.91 Å². The highest BCUT2D eigenvalue weighted by Gasteiger charge is 2.35. The van der Waals surface area contributed by atoms with Gasteiger partial charge in [0.25, 0.3) is 0 Å². The summed E-state index contributed by atoms with van der Waals surface area (Å²) < 4.78 is 10.8. The molecule has 0 radical (unpaired) electrons. The summed E-state index contributed by atoms with van der Waals surface area (Å²) in [6.45, 7) is 2.08. The molecular weight excluding hydrogens is 336 g/mol. The molecule has 1 N–H and O–H groups in total. The molecule has 1 aromatic rings. The summed E-state index contributed by atoms with van der Waals surface area (Å²) in [5.41, 5.74) is 0.961. The summed E-state index contributed by atoms with van der Waals surface area (Å²) in [5, 5.41) is 9.13. The first kappa shape index (κ1) is 18.5. The van der Waals surface area contributed by atoms with Crippen LogP contribution in [-0.4, -0.2) is 67.2 Å². The number of rotatable bonds is 6. The second kappa shape index (κ2) is 7.95. The summed E-state index contributed by atoms with van der Waals surface area (Å²) in [5.74, 6) is 0.394. The van der Waals surface area contributed by atoms with E-state index < -0.39 is 5.97 Å². The minimum atomic E-state index is -0.778. The molecule has 0 spiro atoms. The zero-order valence-corrected chi connectivity index (χ0v) is 15.3. The van der Waals surface area contributed by atoms with Gasteiger partial charge in [-0.15, -0.1) is 0 Å². The molecule has 0 aromatic heterocycles. The highest BCUT2D eigenvalue weighted by Crippen LogP contribution is 2.39. The third-order valence-corrected chi connectivity index (χ3v) is 5.35. The van der Waals surface area contributed by atoms with Crippen molar-refractivity contribution in [2.75, 3.05) is 40.4 Å². The SMILES string of the molecule is COc1ccc(OC)c(C2CCCN2C(=O)CN2CCC(C(=O)O)C2)c1. The predicted octanol–water partition coefficient (Wildman–Crippen LogP) is 1.77. The van der Waals surface area contributed by atoms with Gasteiger partial charge in [0, 0.05) is 18.7 Å². The summed E-state index contributed by atoms with van der Waals surface area (Å²) in [6, 6.07) is 5.61. The minimum Gasteiger partial charge on any atom is -0.497 e. The Morgan fingerprint density at radius 3 is 2.65 bits per heavy atom. The Kier molecular flexibility index (Phi) is 5.66.